The second-order valence-electron chi connectivity index (χ2n) is 10.9. The van der Waals surface area contributed by atoms with Gasteiger partial charge in [-0.3, -0.25) is 9.59 Å². The maximum absolute atomic E-state index is 14.2. The lowest BCUT2D eigenvalue weighted by molar-refractivity contribution is -0.124. The van der Waals surface area contributed by atoms with Crippen LogP contribution in [0.5, 0.6) is 0 Å². The summed E-state index contributed by atoms with van der Waals surface area (Å²) >= 11 is 6.36. The predicted octanol–water partition coefficient (Wildman–Crippen LogP) is 3.09. The Morgan fingerprint density at radius 1 is 1.25 bits per heavy atom. The number of aliphatic hydroxyl groups excluding tert-OH is 2. The maximum atomic E-state index is 14.2. The van der Waals surface area contributed by atoms with E-state index in [1.807, 2.05) is 6.07 Å². The van der Waals surface area contributed by atoms with Crippen molar-refractivity contribution in [1.29, 1.82) is 0 Å². The van der Waals surface area contributed by atoms with Crippen molar-refractivity contribution in [1.82, 2.24) is 10.6 Å². The third-order valence-corrected chi connectivity index (χ3v) is 7.33. The summed E-state index contributed by atoms with van der Waals surface area (Å²) in [6, 6.07) is 10.2. The van der Waals surface area contributed by atoms with E-state index in [1.54, 1.807) is 24.3 Å². The van der Waals surface area contributed by atoms with Crippen LogP contribution in [-0.4, -0.2) is 53.4 Å². The molecule has 1 fully saturated rings. The van der Waals surface area contributed by atoms with E-state index in [9.17, 15) is 19.1 Å². The molecule has 4 rings (SSSR count). The van der Waals surface area contributed by atoms with Gasteiger partial charge in [-0.25, -0.2) is 4.39 Å². The molecule has 1 saturated heterocycles. The van der Waals surface area contributed by atoms with Gasteiger partial charge in [0.2, 0.25) is 11.8 Å². The third-order valence-electron chi connectivity index (χ3n) is 7.10. The fraction of sp³-hybridized carbons (Fsp3) is 0.481. The Morgan fingerprint density at radius 3 is 2.67 bits per heavy atom. The van der Waals surface area contributed by atoms with Crippen molar-refractivity contribution < 1.29 is 24.2 Å². The van der Waals surface area contributed by atoms with Gasteiger partial charge in [0, 0.05) is 29.2 Å². The molecule has 2 amide bonds. The third kappa shape index (κ3) is 4.87. The number of carbonyl (C=O) groups is 2. The molecule has 0 aliphatic carbocycles. The van der Waals surface area contributed by atoms with Gasteiger partial charge < -0.3 is 26.2 Å². The second-order valence-corrected chi connectivity index (χ2v) is 11.4. The fourth-order valence-corrected chi connectivity index (χ4v) is 5.88. The zero-order chi connectivity index (χ0) is 26.3. The molecule has 5 N–H and O–H groups in total. The molecule has 9 heteroatoms. The largest absolute Gasteiger partial charge is 0.394 e. The molecule has 2 aliphatic rings. The fourth-order valence-electron chi connectivity index (χ4n) is 5.69. The Kier molecular flexibility index (Phi) is 7.44. The average molecular weight is 518 g/mol. The van der Waals surface area contributed by atoms with E-state index in [0.717, 1.165) is 0 Å². The van der Waals surface area contributed by atoms with Crippen molar-refractivity contribution >= 4 is 29.1 Å². The molecule has 0 saturated carbocycles. The van der Waals surface area contributed by atoms with E-state index in [1.165, 1.54) is 12.1 Å². The zero-order valence-electron chi connectivity index (χ0n) is 20.6. The van der Waals surface area contributed by atoms with Gasteiger partial charge in [0.25, 0.3) is 0 Å². The molecule has 5 atom stereocenters. The Hall–Kier alpha value is -2.52. The number of carbonyl (C=O) groups excluding carboxylic acids is 2. The minimum absolute atomic E-state index is 0.159. The number of amides is 2. The molecule has 194 valence electrons. The number of rotatable bonds is 7. The van der Waals surface area contributed by atoms with Crippen LogP contribution in [0.4, 0.5) is 10.1 Å². The van der Waals surface area contributed by atoms with Gasteiger partial charge in [-0.05, 0) is 53.6 Å². The van der Waals surface area contributed by atoms with Crippen molar-refractivity contribution in [3.05, 3.63) is 64.4 Å². The highest BCUT2D eigenvalue weighted by Gasteiger charge is 2.65. The van der Waals surface area contributed by atoms with Gasteiger partial charge in [0.05, 0.1) is 18.8 Å². The number of hydrogen-bond acceptors (Lipinski definition) is 5. The lowest BCUT2D eigenvalue weighted by Crippen LogP contribution is -2.49. The van der Waals surface area contributed by atoms with E-state index >= 15 is 0 Å². The number of hydrogen-bond donors (Lipinski definition) is 5. The first-order valence-electron chi connectivity index (χ1n) is 12.2. The number of anilines is 1. The number of benzene rings is 2. The maximum Gasteiger partial charge on any atom is 0.237 e. The minimum Gasteiger partial charge on any atom is -0.394 e. The van der Waals surface area contributed by atoms with Gasteiger partial charge in [-0.2, -0.15) is 0 Å². The number of aliphatic hydroxyl groups is 2. The smallest absolute Gasteiger partial charge is 0.237 e. The molecule has 2 aliphatic heterocycles. The molecule has 0 bridgehead atoms. The Bertz CT molecular complexity index is 1150. The van der Waals surface area contributed by atoms with Crippen LogP contribution in [0.25, 0.3) is 0 Å². The van der Waals surface area contributed by atoms with Crippen molar-refractivity contribution in [3.63, 3.8) is 0 Å². The zero-order valence-corrected chi connectivity index (χ0v) is 21.4. The summed E-state index contributed by atoms with van der Waals surface area (Å²) in [6.45, 7) is 5.97. The van der Waals surface area contributed by atoms with Gasteiger partial charge >= 0.3 is 0 Å². The van der Waals surface area contributed by atoms with Crippen LogP contribution < -0.4 is 16.0 Å². The van der Waals surface area contributed by atoms with Crippen molar-refractivity contribution in [3.8, 4) is 0 Å². The second kappa shape index (κ2) is 10.1. The Morgan fingerprint density at radius 2 is 2.00 bits per heavy atom. The van der Waals surface area contributed by atoms with Crippen LogP contribution in [0.1, 0.15) is 50.7 Å². The monoisotopic (exact) mass is 517 g/mol. The predicted molar refractivity (Wildman–Crippen MR) is 136 cm³/mol. The van der Waals surface area contributed by atoms with Gasteiger partial charge in [-0.1, -0.05) is 50.6 Å². The highest BCUT2D eigenvalue weighted by molar-refractivity contribution is 6.30. The summed E-state index contributed by atoms with van der Waals surface area (Å²) in [5, 5.41) is 28.4. The van der Waals surface area contributed by atoms with Crippen LogP contribution in [0.2, 0.25) is 5.02 Å². The quantitative estimate of drug-likeness (QED) is 0.387. The molecular formula is C27H33ClFN3O4. The van der Waals surface area contributed by atoms with E-state index < -0.39 is 41.9 Å². The van der Waals surface area contributed by atoms with Crippen LogP contribution >= 0.6 is 11.6 Å². The lowest BCUT2D eigenvalue weighted by Gasteiger charge is -2.37. The molecule has 36 heavy (non-hydrogen) atoms. The summed E-state index contributed by atoms with van der Waals surface area (Å²) in [4.78, 5) is 27.5. The van der Waals surface area contributed by atoms with Crippen LogP contribution in [0, 0.1) is 11.2 Å². The number of nitrogens with one attached hydrogen (secondary N) is 3. The summed E-state index contributed by atoms with van der Waals surface area (Å²) < 4.78 is 14.2. The van der Waals surface area contributed by atoms with E-state index in [-0.39, 0.29) is 30.2 Å². The molecule has 2 aromatic carbocycles. The summed E-state index contributed by atoms with van der Waals surface area (Å²) in [5.74, 6) is -1.72. The molecule has 0 aromatic heterocycles. The molecule has 7 nitrogen and oxygen atoms in total. The SMILES string of the molecule is CC(C)(C)C[C@H]1N[C@@H](C(=O)NCC[C@H](O)CO)[C@H](c2cccc(Cl)c2)[C@@]12C(=O)Nc1cc(F)ccc12. The standard InChI is InChI=1S/C27H33ClFN3O4/c1-26(2,3)13-21-27(19-8-7-17(29)12-20(19)31-25(27)36)22(15-5-4-6-16(28)11-15)23(32-21)24(35)30-10-9-18(34)14-33/h4-8,11-12,18,21-23,32-34H,9-10,13-14H2,1-3H3,(H,30,35)(H,31,36)/t18-,21+,22-,23+,27-/m0/s1. The topological polar surface area (TPSA) is 111 Å². The van der Waals surface area contributed by atoms with Crippen molar-refractivity contribution in [2.45, 2.75) is 63.1 Å². The van der Waals surface area contributed by atoms with Crippen LogP contribution in [-0.2, 0) is 15.0 Å². The highest BCUT2D eigenvalue weighted by atomic mass is 35.5. The van der Waals surface area contributed by atoms with Crippen molar-refractivity contribution in [2.75, 3.05) is 18.5 Å². The lowest BCUT2D eigenvalue weighted by atomic mass is 9.62. The van der Waals surface area contributed by atoms with E-state index in [4.69, 9.17) is 16.7 Å². The van der Waals surface area contributed by atoms with Crippen LogP contribution in [0.3, 0.4) is 0 Å². The molecule has 2 aromatic rings. The first kappa shape index (κ1) is 26.5. The van der Waals surface area contributed by atoms with Crippen molar-refractivity contribution in [2.24, 2.45) is 5.41 Å². The first-order chi connectivity index (χ1) is 17.0. The molecule has 0 unspecified atom stereocenters. The summed E-state index contributed by atoms with van der Waals surface area (Å²) in [6.07, 6.45) is -0.176. The number of fused-ring (bicyclic) bond motifs is 2. The highest BCUT2D eigenvalue weighted by Crippen LogP contribution is 2.56. The molecular weight excluding hydrogens is 485 g/mol. The summed E-state index contributed by atoms with van der Waals surface area (Å²) in [5.41, 5.74) is 0.386. The normalized spacial score (nSPS) is 26.1. The van der Waals surface area contributed by atoms with Gasteiger partial charge in [-0.15, -0.1) is 0 Å². The minimum atomic E-state index is -1.19. The molecule has 0 radical (unpaired) electrons. The average Bonchev–Trinajstić information content (AvgIpc) is 3.27. The Balaban J connectivity index is 1.86. The van der Waals surface area contributed by atoms with E-state index in [0.29, 0.717) is 28.3 Å². The van der Waals surface area contributed by atoms with E-state index in [2.05, 4.69) is 36.7 Å². The number of halogens is 2. The first-order valence-corrected chi connectivity index (χ1v) is 12.5. The molecule has 2 heterocycles. The van der Waals surface area contributed by atoms with Crippen LogP contribution in [0.15, 0.2) is 42.5 Å². The van der Waals surface area contributed by atoms with Gasteiger partial charge in [0.15, 0.2) is 0 Å². The summed E-state index contributed by atoms with van der Waals surface area (Å²) in [7, 11) is 0. The van der Waals surface area contributed by atoms with Gasteiger partial charge in [0.1, 0.15) is 11.2 Å². The Labute approximate surface area is 215 Å². The molecule has 1 spiro atoms.